The molecule has 1 aromatic carbocycles. The average Bonchev–Trinajstić information content (AvgIpc) is 2.54. The molecule has 140 valence electrons. The lowest BCUT2D eigenvalue weighted by Crippen LogP contribution is -2.51. The molecule has 0 saturated carbocycles. The molecule has 3 rings (SSSR count). The van der Waals surface area contributed by atoms with Crippen LogP contribution >= 0.6 is 0 Å². The summed E-state index contributed by atoms with van der Waals surface area (Å²) in [7, 11) is 1.93. The number of benzene rings is 1. The topological polar surface area (TPSA) is 101 Å². The molecule has 0 radical (unpaired) electrons. The number of hydrogen-bond donors (Lipinski definition) is 2. The fourth-order valence-corrected chi connectivity index (χ4v) is 3.14. The molecule has 1 aliphatic heterocycles. The van der Waals surface area contributed by atoms with E-state index < -0.39 is 34.4 Å². The number of nitrogens with two attached hydrogens (primary N) is 1. The van der Waals surface area contributed by atoms with Crippen LogP contribution in [0.25, 0.3) is 10.9 Å². The number of fused-ring (bicyclic) bond motifs is 1. The van der Waals surface area contributed by atoms with Gasteiger partial charge in [-0.15, -0.1) is 0 Å². The molecular weight excluding hydrogens is 350 g/mol. The van der Waals surface area contributed by atoms with E-state index in [0.717, 1.165) is 10.7 Å². The Kier molecular flexibility index (Phi) is 4.45. The van der Waals surface area contributed by atoms with E-state index in [1.807, 2.05) is 14.0 Å². The van der Waals surface area contributed by atoms with Gasteiger partial charge in [0.25, 0.3) is 0 Å². The van der Waals surface area contributed by atoms with Gasteiger partial charge in [-0.2, -0.15) is 0 Å². The van der Waals surface area contributed by atoms with E-state index in [2.05, 4.69) is 9.64 Å². The number of anilines is 1. The summed E-state index contributed by atoms with van der Waals surface area (Å²) in [6.45, 7) is 3.39. The van der Waals surface area contributed by atoms with Crippen molar-refractivity contribution < 1.29 is 23.4 Å². The minimum atomic E-state index is -1.72. The molecule has 2 heterocycles. The number of likely N-dealkylation sites (N-methyl/N-ethyl adjacent to an activating group) is 1. The zero-order valence-electron chi connectivity index (χ0n) is 14.2. The second-order valence-electron chi connectivity index (χ2n) is 6.28. The van der Waals surface area contributed by atoms with Gasteiger partial charge in [0.1, 0.15) is 11.3 Å². The smallest absolute Gasteiger partial charge is 0.449 e. The number of pyridine rings is 1. The summed E-state index contributed by atoms with van der Waals surface area (Å²) >= 11 is 0. The number of rotatable bonds is 2. The lowest BCUT2D eigenvalue weighted by atomic mass is 10.1. The lowest BCUT2D eigenvalue weighted by molar-refractivity contribution is 0.143. The molecule has 10 heteroatoms. The van der Waals surface area contributed by atoms with Crippen LogP contribution in [0.15, 0.2) is 16.9 Å². The molecule has 0 bridgehead atoms. The quantitative estimate of drug-likeness (QED) is 0.607. The molecule has 1 atom stereocenters. The Bertz CT molecular complexity index is 946. The van der Waals surface area contributed by atoms with Crippen LogP contribution in [0.2, 0.25) is 0 Å². The largest absolute Gasteiger partial charge is 0.511 e. The number of piperazine rings is 1. The maximum Gasteiger partial charge on any atom is 0.511 e. The Hall–Kier alpha value is -2.88. The third-order valence-electron chi connectivity index (χ3n) is 4.60. The van der Waals surface area contributed by atoms with Gasteiger partial charge < -0.3 is 25.5 Å². The first-order chi connectivity index (χ1) is 12.2. The van der Waals surface area contributed by atoms with E-state index in [-0.39, 0.29) is 17.4 Å². The van der Waals surface area contributed by atoms with Gasteiger partial charge in [0.2, 0.25) is 11.2 Å². The highest BCUT2D eigenvalue weighted by Gasteiger charge is 2.30. The van der Waals surface area contributed by atoms with Gasteiger partial charge in [-0.05, 0) is 20.0 Å². The first-order valence-electron chi connectivity index (χ1n) is 7.89. The molecule has 1 aliphatic rings. The summed E-state index contributed by atoms with van der Waals surface area (Å²) in [6.07, 6.45) is -1.72. The molecule has 2 aromatic rings. The Labute approximate surface area is 146 Å². The minimum absolute atomic E-state index is 0.0599. The average molecular weight is 368 g/mol. The van der Waals surface area contributed by atoms with Crippen LogP contribution in [0, 0.1) is 11.6 Å². The van der Waals surface area contributed by atoms with E-state index in [1.54, 1.807) is 4.90 Å². The molecule has 26 heavy (non-hydrogen) atoms. The maximum atomic E-state index is 14.3. The monoisotopic (exact) mass is 368 g/mol. The van der Waals surface area contributed by atoms with Crippen LogP contribution < -0.4 is 20.9 Å². The summed E-state index contributed by atoms with van der Waals surface area (Å²) in [6, 6.07) is 1.49. The zero-order valence-corrected chi connectivity index (χ0v) is 14.2. The summed E-state index contributed by atoms with van der Waals surface area (Å²) in [5, 5.41) is 8.60. The number of carbonyl (C=O) groups is 1. The van der Waals surface area contributed by atoms with Gasteiger partial charge in [0, 0.05) is 31.7 Å². The van der Waals surface area contributed by atoms with Crippen LogP contribution in [0.5, 0.6) is 5.75 Å². The Balaban J connectivity index is 2.31. The van der Waals surface area contributed by atoms with Crippen molar-refractivity contribution in [3.05, 3.63) is 34.0 Å². The number of aromatic nitrogens is 1. The van der Waals surface area contributed by atoms with Crippen molar-refractivity contribution in [2.24, 2.45) is 0 Å². The molecule has 0 aliphatic carbocycles. The SMILES string of the molecule is CC1CN(c2c(OC(=O)O)c(=O)c3cc(F)cc(F)c3n2N)CCN1C. The predicted molar refractivity (Wildman–Crippen MR) is 91.2 cm³/mol. The number of hydrogen-bond acceptors (Lipinski definition) is 6. The van der Waals surface area contributed by atoms with Crippen LogP contribution in [0.4, 0.5) is 19.4 Å². The molecular formula is C16H18F2N4O4. The van der Waals surface area contributed by atoms with Crippen LogP contribution in [0.3, 0.4) is 0 Å². The number of nitrogens with zero attached hydrogens (tertiary/aromatic N) is 3. The number of ether oxygens (including phenoxy) is 1. The molecule has 0 spiro atoms. The second kappa shape index (κ2) is 6.45. The summed E-state index contributed by atoms with van der Waals surface area (Å²) in [5.41, 5.74) is -1.26. The van der Waals surface area contributed by atoms with E-state index in [4.69, 9.17) is 10.9 Å². The number of halogens is 2. The highest BCUT2D eigenvalue weighted by Crippen LogP contribution is 2.31. The Morgan fingerprint density at radius 3 is 2.65 bits per heavy atom. The summed E-state index contributed by atoms with van der Waals surface area (Å²) in [5.74, 6) is 3.38. The maximum absolute atomic E-state index is 14.3. The molecule has 8 nitrogen and oxygen atoms in total. The zero-order chi connectivity index (χ0) is 19.2. The Morgan fingerprint density at radius 1 is 1.35 bits per heavy atom. The van der Waals surface area contributed by atoms with Crippen LogP contribution in [-0.4, -0.2) is 53.6 Å². The number of carboxylic acid groups (broad SMARTS) is 1. The second-order valence-corrected chi connectivity index (χ2v) is 6.28. The fourth-order valence-electron chi connectivity index (χ4n) is 3.14. The van der Waals surface area contributed by atoms with Crippen molar-refractivity contribution in [3.8, 4) is 5.75 Å². The normalized spacial score (nSPS) is 18.3. The van der Waals surface area contributed by atoms with Crippen molar-refractivity contribution >= 4 is 22.9 Å². The van der Waals surface area contributed by atoms with E-state index >= 15 is 0 Å². The van der Waals surface area contributed by atoms with E-state index in [0.29, 0.717) is 25.7 Å². The molecule has 1 unspecified atom stereocenters. The van der Waals surface area contributed by atoms with E-state index in [9.17, 15) is 18.4 Å². The van der Waals surface area contributed by atoms with Crippen molar-refractivity contribution in [1.29, 1.82) is 0 Å². The number of nitrogen functional groups attached to an aromatic ring is 1. The van der Waals surface area contributed by atoms with Crippen LogP contribution in [-0.2, 0) is 0 Å². The highest BCUT2D eigenvalue weighted by atomic mass is 19.1. The highest BCUT2D eigenvalue weighted by molar-refractivity contribution is 5.86. The molecule has 1 aromatic heterocycles. The standard InChI is InChI=1S/C16H18F2N4O4/c1-8-7-21(4-3-20(8)2)15-14(26-16(24)25)13(23)10-5-9(17)6-11(18)12(10)22(15)19/h5-6,8H,3-4,7,19H2,1-2H3,(H,24,25). The molecule has 3 N–H and O–H groups in total. The Morgan fingerprint density at radius 2 is 2.04 bits per heavy atom. The van der Waals surface area contributed by atoms with Gasteiger partial charge >= 0.3 is 6.16 Å². The van der Waals surface area contributed by atoms with Gasteiger partial charge in [-0.1, -0.05) is 0 Å². The summed E-state index contributed by atoms with van der Waals surface area (Å²) in [4.78, 5) is 27.5. The predicted octanol–water partition coefficient (Wildman–Crippen LogP) is 1.19. The van der Waals surface area contributed by atoms with Crippen LogP contribution in [0.1, 0.15) is 6.92 Å². The van der Waals surface area contributed by atoms with E-state index in [1.165, 1.54) is 0 Å². The van der Waals surface area contributed by atoms with Crippen molar-refractivity contribution in [2.45, 2.75) is 13.0 Å². The first-order valence-corrected chi connectivity index (χ1v) is 7.89. The molecule has 1 fully saturated rings. The van der Waals surface area contributed by atoms with Crippen molar-refractivity contribution in [1.82, 2.24) is 9.58 Å². The third kappa shape index (κ3) is 2.92. The summed E-state index contributed by atoms with van der Waals surface area (Å²) < 4.78 is 33.4. The van der Waals surface area contributed by atoms with Gasteiger partial charge in [-0.25, -0.2) is 18.3 Å². The fraction of sp³-hybridized carbons (Fsp3) is 0.375. The van der Waals surface area contributed by atoms with Crippen molar-refractivity contribution in [2.75, 3.05) is 37.4 Å². The van der Waals surface area contributed by atoms with Gasteiger partial charge in [0.05, 0.1) is 5.39 Å². The lowest BCUT2D eigenvalue weighted by Gasteiger charge is -2.39. The van der Waals surface area contributed by atoms with Gasteiger partial charge in [0.15, 0.2) is 11.6 Å². The third-order valence-corrected chi connectivity index (χ3v) is 4.60. The first kappa shape index (κ1) is 17.9. The van der Waals surface area contributed by atoms with Crippen molar-refractivity contribution in [3.63, 3.8) is 0 Å². The minimum Gasteiger partial charge on any atom is -0.449 e. The molecule has 0 amide bonds. The van der Waals surface area contributed by atoms with Gasteiger partial charge in [-0.3, -0.25) is 4.79 Å². The molecule has 1 saturated heterocycles.